The van der Waals surface area contributed by atoms with Crippen LogP contribution in [0.25, 0.3) is 0 Å². The summed E-state index contributed by atoms with van der Waals surface area (Å²) in [5.74, 6) is 1.00. The number of hydrogen-bond acceptors (Lipinski definition) is 3. The van der Waals surface area contributed by atoms with E-state index in [1.807, 2.05) is 25.3 Å². The van der Waals surface area contributed by atoms with Crippen molar-refractivity contribution in [2.24, 2.45) is 5.41 Å². The lowest BCUT2D eigenvalue weighted by Crippen LogP contribution is -2.36. The number of rotatable bonds is 6. The van der Waals surface area contributed by atoms with Gasteiger partial charge in [-0.05, 0) is 68.8 Å². The number of benzene rings is 1. The van der Waals surface area contributed by atoms with Crippen LogP contribution in [0.4, 0.5) is 4.39 Å². The molecule has 4 rings (SSSR count). The maximum absolute atomic E-state index is 13.7. The van der Waals surface area contributed by atoms with E-state index in [0.717, 1.165) is 44.1 Å². The van der Waals surface area contributed by atoms with Crippen molar-refractivity contribution >= 4 is 0 Å². The topological polar surface area (TPSA) is 33.1 Å². The maximum Gasteiger partial charge on any atom is 0.126 e. The van der Waals surface area contributed by atoms with Gasteiger partial charge in [0.15, 0.2) is 0 Å². The molecule has 140 valence electrons. The predicted molar refractivity (Wildman–Crippen MR) is 101 cm³/mol. The van der Waals surface area contributed by atoms with E-state index in [1.165, 1.54) is 24.8 Å². The minimum atomic E-state index is -0.122. The van der Waals surface area contributed by atoms with Crippen molar-refractivity contribution in [3.63, 3.8) is 0 Å². The van der Waals surface area contributed by atoms with Crippen LogP contribution in [0, 0.1) is 18.2 Å². The Morgan fingerprint density at radius 1 is 1.31 bits per heavy atom. The Balaban J connectivity index is 1.56. The van der Waals surface area contributed by atoms with Crippen molar-refractivity contribution in [1.82, 2.24) is 19.8 Å². The largest absolute Gasteiger partial charge is 0.334 e. The van der Waals surface area contributed by atoms with Gasteiger partial charge in [0.1, 0.15) is 11.6 Å². The molecule has 26 heavy (non-hydrogen) atoms. The summed E-state index contributed by atoms with van der Waals surface area (Å²) in [6.07, 6.45) is 7.76. The zero-order valence-corrected chi connectivity index (χ0v) is 15.8. The highest BCUT2D eigenvalue weighted by Gasteiger charge is 2.56. The zero-order chi connectivity index (χ0) is 18.1. The Kier molecular flexibility index (Phi) is 4.84. The summed E-state index contributed by atoms with van der Waals surface area (Å²) in [5, 5.41) is 3.49. The van der Waals surface area contributed by atoms with Gasteiger partial charge in [-0.1, -0.05) is 12.1 Å². The van der Waals surface area contributed by atoms with Gasteiger partial charge in [0.25, 0.3) is 0 Å². The monoisotopic (exact) mass is 356 g/mol. The second kappa shape index (κ2) is 7.12. The number of aryl methyl sites for hydroxylation is 2. The van der Waals surface area contributed by atoms with Crippen LogP contribution in [0.1, 0.15) is 43.1 Å². The summed E-state index contributed by atoms with van der Waals surface area (Å²) in [7, 11) is 0. The normalized spacial score (nSPS) is 21.5. The SMILES string of the molecule is CCn1ccnc1CN(Cc1ccc(F)c(C)c1)C1CC12CCNCC2. The lowest BCUT2D eigenvalue weighted by atomic mass is 9.93. The summed E-state index contributed by atoms with van der Waals surface area (Å²) in [6, 6.07) is 6.13. The fraction of sp³-hybridized carbons (Fsp3) is 0.571. The first kappa shape index (κ1) is 17.7. The van der Waals surface area contributed by atoms with E-state index in [4.69, 9.17) is 0 Å². The standard InChI is InChI=1S/C21H29FN4/c1-3-25-11-10-24-20(25)15-26(14-17-4-5-18(22)16(2)12-17)19-13-21(19)6-8-23-9-7-21/h4-5,10-12,19,23H,3,6-9,13-15H2,1-2H3. The molecule has 0 radical (unpaired) electrons. The van der Waals surface area contributed by atoms with Crippen molar-refractivity contribution < 1.29 is 4.39 Å². The molecule has 5 heteroatoms. The molecule has 2 aliphatic rings. The molecule has 0 amide bonds. The van der Waals surface area contributed by atoms with Crippen LogP contribution in [0.5, 0.6) is 0 Å². The zero-order valence-electron chi connectivity index (χ0n) is 15.8. The van der Waals surface area contributed by atoms with Gasteiger partial charge in [0, 0.05) is 31.5 Å². The van der Waals surface area contributed by atoms with Crippen LogP contribution in [-0.4, -0.2) is 33.6 Å². The number of hydrogen-bond donors (Lipinski definition) is 1. The molecule has 1 aliphatic heterocycles. The van der Waals surface area contributed by atoms with E-state index >= 15 is 0 Å². The van der Waals surface area contributed by atoms with E-state index in [-0.39, 0.29) is 5.82 Å². The van der Waals surface area contributed by atoms with Crippen LogP contribution >= 0.6 is 0 Å². The predicted octanol–water partition coefficient (Wildman–Crippen LogP) is 3.49. The molecule has 1 atom stereocenters. The second-order valence-electron chi connectivity index (χ2n) is 7.95. The number of nitrogens with zero attached hydrogens (tertiary/aromatic N) is 3. The Morgan fingerprint density at radius 2 is 2.12 bits per heavy atom. The van der Waals surface area contributed by atoms with E-state index in [2.05, 4.69) is 32.9 Å². The molecule has 1 aromatic carbocycles. The highest BCUT2D eigenvalue weighted by molar-refractivity contribution is 5.24. The van der Waals surface area contributed by atoms with Crippen molar-refractivity contribution in [3.8, 4) is 0 Å². The summed E-state index contributed by atoms with van der Waals surface area (Å²) >= 11 is 0. The lowest BCUT2D eigenvalue weighted by Gasteiger charge is -2.29. The number of nitrogens with one attached hydrogen (secondary N) is 1. The molecular formula is C21H29FN4. The number of imidazole rings is 1. The van der Waals surface area contributed by atoms with E-state index in [9.17, 15) is 4.39 Å². The molecule has 2 aromatic rings. The number of aromatic nitrogens is 2. The quantitative estimate of drug-likeness (QED) is 0.860. The van der Waals surface area contributed by atoms with E-state index < -0.39 is 0 Å². The highest BCUT2D eigenvalue weighted by Crippen LogP contribution is 2.56. The average Bonchev–Trinajstić information content (AvgIpc) is 3.13. The molecule has 0 bridgehead atoms. The molecule has 1 spiro atoms. The Morgan fingerprint density at radius 3 is 2.85 bits per heavy atom. The first-order chi connectivity index (χ1) is 12.6. The molecule has 2 heterocycles. The van der Waals surface area contributed by atoms with Crippen molar-refractivity contribution in [2.75, 3.05) is 13.1 Å². The van der Waals surface area contributed by atoms with Gasteiger partial charge in [-0.3, -0.25) is 4.90 Å². The van der Waals surface area contributed by atoms with Crippen LogP contribution in [0.15, 0.2) is 30.6 Å². The third-order valence-corrected chi connectivity index (χ3v) is 6.28. The molecule has 1 aromatic heterocycles. The Bertz CT molecular complexity index is 763. The maximum atomic E-state index is 13.7. The second-order valence-corrected chi connectivity index (χ2v) is 7.95. The number of halogens is 1. The van der Waals surface area contributed by atoms with Gasteiger partial charge in [-0.15, -0.1) is 0 Å². The molecule has 4 nitrogen and oxygen atoms in total. The summed E-state index contributed by atoms with van der Waals surface area (Å²) in [4.78, 5) is 7.17. The third kappa shape index (κ3) is 3.42. The van der Waals surface area contributed by atoms with E-state index in [1.54, 1.807) is 6.07 Å². The molecule has 2 fully saturated rings. The number of piperidine rings is 1. The average molecular weight is 356 g/mol. The molecule has 1 N–H and O–H groups in total. The molecule has 1 unspecified atom stereocenters. The van der Waals surface area contributed by atoms with Crippen molar-refractivity contribution in [3.05, 3.63) is 53.4 Å². The third-order valence-electron chi connectivity index (χ3n) is 6.28. The summed E-state index contributed by atoms with van der Waals surface area (Å²) in [6.45, 7) is 8.92. The summed E-state index contributed by atoms with van der Waals surface area (Å²) < 4.78 is 15.9. The van der Waals surface area contributed by atoms with Crippen molar-refractivity contribution in [1.29, 1.82) is 0 Å². The van der Waals surface area contributed by atoms with Gasteiger partial charge in [0.05, 0.1) is 6.54 Å². The Labute approximate surface area is 155 Å². The van der Waals surface area contributed by atoms with E-state index in [0.29, 0.717) is 11.5 Å². The van der Waals surface area contributed by atoms with Gasteiger partial charge in [-0.25, -0.2) is 9.37 Å². The lowest BCUT2D eigenvalue weighted by molar-refractivity contribution is 0.182. The van der Waals surface area contributed by atoms with Crippen LogP contribution in [0.3, 0.4) is 0 Å². The first-order valence-corrected chi connectivity index (χ1v) is 9.81. The summed E-state index contributed by atoms with van der Waals surface area (Å²) in [5.41, 5.74) is 2.39. The molecule has 1 aliphatic carbocycles. The van der Waals surface area contributed by atoms with Crippen LogP contribution in [-0.2, 0) is 19.6 Å². The minimum absolute atomic E-state index is 0.122. The molecular weight excluding hydrogens is 327 g/mol. The van der Waals surface area contributed by atoms with Crippen LogP contribution < -0.4 is 5.32 Å². The highest BCUT2D eigenvalue weighted by atomic mass is 19.1. The molecule has 1 saturated carbocycles. The van der Waals surface area contributed by atoms with Gasteiger partial charge in [-0.2, -0.15) is 0 Å². The van der Waals surface area contributed by atoms with Gasteiger partial charge < -0.3 is 9.88 Å². The fourth-order valence-corrected chi connectivity index (χ4v) is 4.58. The first-order valence-electron chi connectivity index (χ1n) is 9.81. The van der Waals surface area contributed by atoms with Gasteiger partial charge in [0.2, 0.25) is 0 Å². The molecule has 1 saturated heterocycles. The minimum Gasteiger partial charge on any atom is -0.334 e. The van der Waals surface area contributed by atoms with Crippen LogP contribution in [0.2, 0.25) is 0 Å². The Hall–Kier alpha value is -1.72. The smallest absolute Gasteiger partial charge is 0.126 e. The van der Waals surface area contributed by atoms with Crippen molar-refractivity contribution in [2.45, 2.75) is 58.8 Å². The fourth-order valence-electron chi connectivity index (χ4n) is 4.58. The van der Waals surface area contributed by atoms with Gasteiger partial charge >= 0.3 is 0 Å².